The molecule has 0 bridgehead atoms. The molecule has 0 spiro atoms. The predicted molar refractivity (Wildman–Crippen MR) is 90.6 cm³/mol. The van der Waals surface area contributed by atoms with E-state index in [2.05, 4.69) is 15.3 Å². The number of pyridine rings is 1. The van der Waals surface area contributed by atoms with E-state index < -0.39 is 36.1 Å². The molecule has 2 N–H and O–H groups in total. The van der Waals surface area contributed by atoms with E-state index >= 15 is 0 Å². The van der Waals surface area contributed by atoms with Crippen LogP contribution in [0.2, 0.25) is 0 Å². The van der Waals surface area contributed by atoms with Gasteiger partial charge in [0.15, 0.2) is 0 Å². The van der Waals surface area contributed by atoms with Crippen LogP contribution in [0.3, 0.4) is 0 Å². The fourth-order valence-corrected chi connectivity index (χ4v) is 3.15. The normalized spacial score (nSPS) is 15.3. The molecule has 0 amide bonds. The number of thiazole rings is 1. The van der Waals surface area contributed by atoms with Crippen molar-refractivity contribution in [2.75, 3.05) is 5.32 Å². The fourth-order valence-electron chi connectivity index (χ4n) is 2.50. The number of carboxylic acids is 1. The molecular weight excluding hydrogens is 420 g/mol. The van der Waals surface area contributed by atoms with Gasteiger partial charge in [-0.1, -0.05) is 0 Å². The van der Waals surface area contributed by atoms with Crippen LogP contribution >= 0.6 is 11.3 Å². The van der Waals surface area contributed by atoms with Crippen molar-refractivity contribution in [2.45, 2.75) is 31.5 Å². The van der Waals surface area contributed by atoms with Gasteiger partial charge >= 0.3 is 63.5 Å². The molecule has 3 rings (SSSR count). The minimum atomic E-state index is -4.52. The second-order valence-corrected chi connectivity index (χ2v) is 6.66. The zero-order valence-corrected chi connectivity index (χ0v) is 13.7. The number of aromatic nitrogens is 2. The van der Waals surface area contributed by atoms with Crippen LogP contribution in [0, 0.1) is 5.92 Å². The van der Waals surface area contributed by atoms with Gasteiger partial charge in [0.2, 0.25) is 5.01 Å². The summed E-state index contributed by atoms with van der Waals surface area (Å²) in [5.41, 5.74) is -0.706. The van der Waals surface area contributed by atoms with Crippen LogP contribution in [0.15, 0.2) is 17.6 Å². The molecule has 142 valence electrons. The molecule has 0 aliphatic heterocycles. The Morgan fingerprint density at radius 2 is 2.00 bits per heavy atom. The van der Waals surface area contributed by atoms with Crippen LogP contribution in [0.5, 0.6) is 0 Å². The van der Waals surface area contributed by atoms with E-state index in [1.54, 1.807) is 0 Å². The molecule has 1 aliphatic rings. The molecule has 2 heterocycles. The summed E-state index contributed by atoms with van der Waals surface area (Å²) in [6.07, 6.45) is -5.71. The summed E-state index contributed by atoms with van der Waals surface area (Å²) >= 11 is 0.756. The summed E-state index contributed by atoms with van der Waals surface area (Å²) in [5.74, 6) is -2.21. The van der Waals surface area contributed by atoms with E-state index in [9.17, 15) is 26.7 Å². The quantitative estimate of drug-likeness (QED) is 0.533. The maximum absolute atomic E-state index is 13.4. The van der Waals surface area contributed by atoms with Crippen molar-refractivity contribution in [1.82, 2.24) is 9.97 Å². The van der Waals surface area contributed by atoms with Crippen LogP contribution in [-0.2, 0) is 0 Å². The Kier molecular flexibility index (Phi) is 7.36. The SMILES string of the molecule is O=C(O)c1nc(-c2cnc(N[C@@H](C3CC3)C(F)(F)F)cc2C(F)F)cs1.[KH]. The number of alkyl halides is 5. The third-order valence-corrected chi connectivity index (χ3v) is 4.71. The number of rotatable bonds is 6. The first-order valence-corrected chi connectivity index (χ1v) is 8.35. The van der Waals surface area contributed by atoms with E-state index in [0.717, 1.165) is 23.6 Å². The molecule has 1 fully saturated rings. The average molecular weight is 433 g/mol. The van der Waals surface area contributed by atoms with Gasteiger partial charge in [-0.25, -0.2) is 23.5 Å². The van der Waals surface area contributed by atoms with Crippen molar-refractivity contribution in [3.63, 3.8) is 0 Å². The predicted octanol–water partition coefficient (Wildman–Crippen LogP) is 3.95. The Bertz CT molecular complexity index is 826. The maximum atomic E-state index is 13.4. The van der Waals surface area contributed by atoms with E-state index in [4.69, 9.17) is 5.11 Å². The molecule has 1 saturated carbocycles. The van der Waals surface area contributed by atoms with Crippen LogP contribution in [0.4, 0.5) is 27.8 Å². The van der Waals surface area contributed by atoms with E-state index in [0.29, 0.717) is 12.8 Å². The van der Waals surface area contributed by atoms with Crippen molar-refractivity contribution in [3.8, 4) is 11.3 Å². The molecule has 1 aliphatic carbocycles. The van der Waals surface area contributed by atoms with Gasteiger partial charge < -0.3 is 10.4 Å². The Hall–Kier alpha value is -0.664. The van der Waals surface area contributed by atoms with Crippen molar-refractivity contribution in [2.24, 2.45) is 5.92 Å². The summed E-state index contributed by atoms with van der Waals surface area (Å²) in [7, 11) is 0. The molecular formula is C15H13F5KN3O2S. The van der Waals surface area contributed by atoms with Gasteiger partial charge in [0.05, 0.1) is 5.69 Å². The Balaban J connectivity index is 0.00000261. The molecule has 12 heteroatoms. The van der Waals surface area contributed by atoms with Gasteiger partial charge in [-0.3, -0.25) is 0 Å². The van der Waals surface area contributed by atoms with Crippen molar-refractivity contribution < 1.29 is 31.9 Å². The first kappa shape index (κ1) is 22.6. The zero-order chi connectivity index (χ0) is 19.1. The topological polar surface area (TPSA) is 75.1 Å². The van der Waals surface area contributed by atoms with Gasteiger partial charge in [0.25, 0.3) is 6.43 Å². The molecule has 0 aromatic carbocycles. The number of hydrogen-bond acceptors (Lipinski definition) is 5. The summed E-state index contributed by atoms with van der Waals surface area (Å²) < 4.78 is 66.0. The van der Waals surface area contributed by atoms with Crippen LogP contribution in [-0.4, -0.2) is 84.6 Å². The summed E-state index contributed by atoms with van der Waals surface area (Å²) in [4.78, 5) is 18.4. The number of nitrogens with one attached hydrogen (secondary N) is 1. The van der Waals surface area contributed by atoms with Crippen molar-refractivity contribution in [3.05, 3.63) is 28.2 Å². The average Bonchev–Trinajstić information content (AvgIpc) is 3.26. The van der Waals surface area contributed by atoms with Crippen LogP contribution in [0.1, 0.15) is 34.6 Å². The summed E-state index contributed by atoms with van der Waals surface area (Å²) in [6.45, 7) is 0. The Morgan fingerprint density at radius 1 is 1.33 bits per heavy atom. The van der Waals surface area contributed by atoms with Crippen molar-refractivity contribution >= 4 is 74.5 Å². The number of nitrogens with zero attached hydrogens (tertiary/aromatic N) is 2. The zero-order valence-electron chi connectivity index (χ0n) is 12.9. The molecule has 0 radical (unpaired) electrons. The standard InChI is InChI=1S/C15H12F5N3O2S.K.H/c16-12(17)7-3-10(23-11(6-1-2-6)15(18,19)20)21-4-8(7)9-5-26-13(22-9)14(24)25;;/h3-6,11-12H,1-2H2,(H,21,23)(H,24,25);;/t11-;;/m0../s1. The summed E-state index contributed by atoms with van der Waals surface area (Å²) in [6, 6.07) is -0.995. The molecule has 2 aromatic heterocycles. The third-order valence-electron chi connectivity index (χ3n) is 3.88. The van der Waals surface area contributed by atoms with Crippen LogP contribution in [0.25, 0.3) is 11.3 Å². The molecule has 2 aromatic rings. The van der Waals surface area contributed by atoms with E-state index in [-0.39, 0.29) is 73.5 Å². The number of hydrogen-bond donors (Lipinski definition) is 2. The molecule has 0 saturated heterocycles. The van der Waals surface area contributed by atoms with Crippen molar-refractivity contribution in [1.29, 1.82) is 0 Å². The molecule has 5 nitrogen and oxygen atoms in total. The second-order valence-electron chi connectivity index (χ2n) is 5.80. The van der Waals surface area contributed by atoms with Crippen LogP contribution < -0.4 is 5.32 Å². The fraction of sp³-hybridized carbons (Fsp3) is 0.400. The van der Waals surface area contributed by atoms with Gasteiger partial charge in [-0.2, -0.15) is 13.2 Å². The number of halogens is 5. The second kappa shape index (κ2) is 8.78. The van der Waals surface area contributed by atoms with E-state index in [1.807, 2.05) is 0 Å². The molecule has 0 unspecified atom stereocenters. The Labute approximate surface area is 196 Å². The monoisotopic (exact) mass is 433 g/mol. The number of anilines is 1. The first-order valence-electron chi connectivity index (χ1n) is 7.47. The third kappa shape index (κ3) is 5.45. The molecule has 27 heavy (non-hydrogen) atoms. The first-order chi connectivity index (χ1) is 12.2. The minimum absolute atomic E-state index is 0. The van der Waals surface area contributed by atoms with Gasteiger partial charge in [0.1, 0.15) is 11.9 Å². The van der Waals surface area contributed by atoms with E-state index in [1.165, 1.54) is 5.38 Å². The summed E-state index contributed by atoms with van der Waals surface area (Å²) in [5, 5.41) is 12.1. The Morgan fingerprint density at radius 3 is 2.48 bits per heavy atom. The van der Waals surface area contributed by atoms with Gasteiger partial charge in [-0.15, -0.1) is 11.3 Å². The molecule has 1 atom stereocenters. The number of aromatic carboxylic acids is 1. The van der Waals surface area contributed by atoms with Gasteiger partial charge in [0, 0.05) is 22.7 Å². The number of carbonyl (C=O) groups is 1. The van der Waals surface area contributed by atoms with Gasteiger partial charge in [-0.05, 0) is 24.8 Å². The number of carboxylic acid groups (broad SMARTS) is 1.